The standard InChI is InChI=1S/C26H33F3N4O/c1-25(2)20-10-6-5-8-17(20)14-22(25)31-19-11-12-21(30-15-19)23(26(27,28)29)33(4)24(34)18-9-7-13-32(3)16-18/h5-6,8,10-12,15,18,22-23,31H,7,9,13-14,16H2,1-4H3/t18-,22?,23+/m1/s1. The summed E-state index contributed by atoms with van der Waals surface area (Å²) in [5, 5.41) is 3.46. The lowest BCUT2D eigenvalue weighted by atomic mass is 9.83. The largest absolute Gasteiger partial charge is 0.414 e. The first-order valence-corrected chi connectivity index (χ1v) is 11.8. The van der Waals surface area contributed by atoms with Gasteiger partial charge in [-0.2, -0.15) is 13.2 Å². The second-order valence-electron chi connectivity index (χ2n) is 10.2. The fraction of sp³-hybridized carbons (Fsp3) is 0.538. The Morgan fingerprint density at radius 3 is 2.59 bits per heavy atom. The smallest absolute Gasteiger partial charge is 0.380 e. The Morgan fingerprint density at radius 1 is 1.24 bits per heavy atom. The minimum absolute atomic E-state index is 0.100. The van der Waals surface area contributed by atoms with Gasteiger partial charge in [-0.25, -0.2) is 0 Å². The number of benzene rings is 1. The van der Waals surface area contributed by atoms with Gasteiger partial charge in [0.2, 0.25) is 5.91 Å². The molecule has 1 unspecified atom stereocenters. The van der Waals surface area contributed by atoms with Crippen LogP contribution in [-0.2, 0) is 16.6 Å². The first-order chi connectivity index (χ1) is 16.0. The number of pyridine rings is 1. The van der Waals surface area contributed by atoms with E-state index in [9.17, 15) is 18.0 Å². The molecule has 1 aromatic carbocycles. The van der Waals surface area contributed by atoms with Crippen molar-refractivity contribution in [2.75, 3.05) is 32.5 Å². The number of carbonyl (C=O) groups is 1. The number of halogens is 3. The molecule has 1 aliphatic heterocycles. The van der Waals surface area contributed by atoms with E-state index >= 15 is 0 Å². The third kappa shape index (κ3) is 4.78. The van der Waals surface area contributed by atoms with E-state index in [1.54, 1.807) is 6.07 Å². The molecule has 2 heterocycles. The number of carbonyl (C=O) groups excluding carboxylic acids is 1. The first kappa shape index (κ1) is 24.5. The van der Waals surface area contributed by atoms with Crippen molar-refractivity contribution in [3.8, 4) is 0 Å². The van der Waals surface area contributed by atoms with Crippen molar-refractivity contribution in [1.29, 1.82) is 0 Å². The molecule has 1 amide bonds. The zero-order chi connectivity index (χ0) is 24.7. The van der Waals surface area contributed by atoms with Crippen molar-refractivity contribution in [1.82, 2.24) is 14.8 Å². The predicted octanol–water partition coefficient (Wildman–Crippen LogP) is 4.80. The summed E-state index contributed by atoms with van der Waals surface area (Å²) < 4.78 is 42.2. The van der Waals surface area contributed by atoms with Crippen molar-refractivity contribution in [2.45, 2.75) is 56.8 Å². The van der Waals surface area contributed by atoms with Crippen LogP contribution in [0.4, 0.5) is 18.9 Å². The molecule has 5 nitrogen and oxygen atoms in total. The fourth-order valence-corrected chi connectivity index (χ4v) is 5.44. The minimum Gasteiger partial charge on any atom is -0.380 e. The lowest BCUT2D eigenvalue weighted by Crippen LogP contribution is -2.46. The third-order valence-electron chi connectivity index (χ3n) is 7.43. The van der Waals surface area contributed by atoms with Crippen molar-refractivity contribution >= 4 is 11.6 Å². The average molecular weight is 475 g/mol. The van der Waals surface area contributed by atoms with Crippen LogP contribution in [0.15, 0.2) is 42.6 Å². The molecule has 3 atom stereocenters. The zero-order valence-electron chi connectivity index (χ0n) is 20.2. The maximum atomic E-state index is 14.1. The van der Waals surface area contributed by atoms with Crippen LogP contribution in [0.25, 0.3) is 0 Å². The summed E-state index contributed by atoms with van der Waals surface area (Å²) in [5.41, 5.74) is 2.93. The summed E-state index contributed by atoms with van der Waals surface area (Å²) in [6.07, 6.45) is -0.934. The number of fused-ring (bicyclic) bond motifs is 1. The van der Waals surface area contributed by atoms with E-state index in [-0.39, 0.29) is 17.2 Å². The quantitative estimate of drug-likeness (QED) is 0.677. The van der Waals surface area contributed by atoms with Gasteiger partial charge in [0.15, 0.2) is 6.04 Å². The summed E-state index contributed by atoms with van der Waals surface area (Å²) in [5.74, 6) is -0.913. The Hall–Kier alpha value is -2.61. The van der Waals surface area contributed by atoms with Gasteiger partial charge in [0.05, 0.1) is 23.5 Å². The topological polar surface area (TPSA) is 48.5 Å². The summed E-state index contributed by atoms with van der Waals surface area (Å²) >= 11 is 0. The second kappa shape index (κ2) is 9.21. The van der Waals surface area contributed by atoms with Crippen LogP contribution in [0, 0.1) is 5.92 Å². The Bertz CT molecular complexity index is 1020. The van der Waals surface area contributed by atoms with Crippen LogP contribution < -0.4 is 5.32 Å². The van der Waals surface area contributed by atoms with E-state index in [0.717, 1.165) is 24.3 Å². The first-order valence-electron chi connectivity index (χ1n) is 11.8. The number of hydrogen-bond acceptors (Lipinski definition) is 4. The summed E-state index contributed by atoms with van der Waals surface area (Å²) in [7, 11) is 3.12. The predicted molar refractivity (Wildman–Crippen MR) is 127 cm³/mol. The Balaban J connectivity index is 1.51. The highest BCUT2D eigenvalue weighted by atomic mass is 19.4. The molecule has 1 aromatic heterocycles. The number of amides is 1. The zero-order valence-corrected chi connectivity index (χ0v) is 20.2. The van der Waals surface area contributed by atoms with Crippen molar-refractivity contribution in [3.63, 3.8) is 0 Å². The van der Waals surface area contributed by atoms with E-state index in [4.69, 9.17) is 0 Å². The second-order valence-corrected chi connectivity index (χ2v) is 10.2. The number of nitrogens with zero attached hydrogens (tertiary/aromatic N) is 3. The van der Waals surface area contributed by atoms with Gasteiger partial charge in [-0.1, -0.05) is 38.1 Å². The molecule has 8 heteroatoms. The van der Waals surface area contributed by atoms with E-state index in [1.807, 2.05) is 24.1 Å². The van der Waals surface area contributed by atoms with Gasteiger partial charge >= 0.3 is 6.18 Å². The van der Waals surface area contributed by atoms with Crippen LogP contribution in [-0.4, -0.2) is 60.1 Å². The maximum Gasteiger partial charge on any atom is 0.414 e. The number of piperidine rings is 1. The van der Waals surface area contributed by atoms with Crippen LogP contribution in [0.2, 0.25) is 0 Å². The van der Waals surface area contributed by atoms with Gasteiger partial charge in [0.25, 0.3) is 0 Å². The number of anilines is 1. The fourth-order valence-electron chi connectivity index (χ4n) is 5.44. The molecular weight excluding hydrogens is 441 g/mol. The summed E-state index contributed by atoms with van der Waals surface area (Å²) in [6.45, 7) is 5.67. The molecule has 1 saturated heterocycles. The van der Waals surface area contributed by atoms with E-state index < -0.39 is 24.0 Å². The molecule has 0 bridgehead atoms. The number of hydrogen-bond donors (Lipinski definition) is 1. The van der Waals surface area contributed by atoms with E-state index in [0.29, 0.717) is 18.7 Å². The highest BCUT2D eigenvalue weighted by Crippen LogP contribution is 2.41. The van der Waals surface area contributed by atoms with Crippen LogP contribution in [0.3, 0.4) is 0 Å². The Morgan fingerprint density at radius 2 is 1.97 bits per heavy atom. The summed E-state index contributed by atoms with van der Waals surface area (Å²) in [6, 6.07) is 9.33. The molecule has 2 aliphatic rings. The highest BCUT2D eigenvalue weighted by Gasteiger charge is 2.47. The molecule has 1 N–H and O–H groups in total. The molecule has 184 valence electrons. The lowest BCUT2D eigenvalue weighted by Gasteiger charge is -2.35. The third-order valence-corrected chi connectivity index (χ3v) is 7.43. The maximum absolute atomic E-state index is 14.1. The van der Waals surface area contributed by atoms with Gasteiger partial charge in [-0.05, 0) is 56.1 Å². The average Bonchev–Trinajstić information content (AvgIpc) is 3.03. The molecule has 34 heavy (non-hydrogen) atoms. The molecule has 1 aliphatic carbocycles. The monoisotopic (exact) mass is 474 g/mol. The lowest BCUT2D eigenvalue weighted by molar-refractivity contribution is -0.191. The summed E-state index contributed by atoms with van der Waals surface area (Å²) in [4.78, 5) is 19.9. The molecule has 1 fully saturated rings. The normalized spacial score (nSPS) is 23.3. The van der Waals surface area contributed by atoms with Gasteiger partial charge in [-0.3, -0.25) is 9.78 Å². The Labute approximate surface area is 199 Å². The van der Waals surface area contributed by atoms with Crippen molar-refractivity contribution < 1.29 is 18.0 Å². The molecule has 0 saturated carbocycles. The molecule has 4 rings (SSSR count). The molecule has 2 aromatic rings. The molecule has 0 spiro atoms. The highest BCUT2D eigenvalue weighted by molar-refractivity contribution is 5.79. The minimum atomic E-state index is -4.62. The SMILES string of the molecule is CN1CCC[C@@H](C(=O)N(C)[C@@H](c2ccc(NC3Cc4ccccc4C3(C)C)cn2)C(F)(F)F)C1. The number of rotatable bonds is 5. The van der Waals surface area contributed by atoms with Gasteiger partial charge in [-0.15, -0.1) is 0 Å². The van der Waals surface area contributed by atoms with Crippen molar-refractivity contribution in [2.24, 2.45) is 5.92 Å². The van der Waals surface area contributed by atoms with Crippen LogP contribution >= 0.6 is 0 Å². The Kier molecular flexibility index (Phi) is 6.64. The number of alkyl halides is 3. The van der Waals surface area contributed by atoms with Crippen molar-refractivity contribution in [3.05, 3.63) is 59.4 Å². The number of aromatic nitrogens is 1. The number of nitrogens with one attached hydrogen (secondary N) is 1. The number of likely N-dealkylation sites (tertiary alicyclic amines) is 1. The van der Waals surface area contributed by atoms with Crippen LogP contribution in [0.5, 0.6) is 0 Å². The molecular formula is C26H33F3N4O. The van der Waals surface area contributed by atoms with Crippen LogP contribution in [0.1, 0.15) is 49.6 Å². The van der Waals surface area contributed by atoms with Gasteiger partial charge in [0, 0.05) is 25.0 Å². The van der Waals surface area contributed by atoms with E-state index in [1.165, 1.54) is 30.4 Å². The van der Waals surface area contributed by atoms with Gasteiger partial charge < -0.3 is 15.1 Å². The molecule has 0 radical (unpaired) electrons. The van der Waals surface area contributed by atoms with E-state index in [2.05, 4.69) is 36.3 Å². The van der Waals surface area contributed by atoms with Gasteiger partial charge in [0.1, 0.15) is 0 Å².